The van der Waals surface area contributed by atoms with Gasteiger partial charge in [0.1, 0.15) is 11.5 Å². The number of carbonyl (C=O) groups is 1. The zero-order valence-electron chi connectivity index (χ0n) is 16.4. The molecule has 0 heterocycles. The predicted molar refractivity (Wildman–Crippen MR) is 108 cm³/mol. The largest absolute Gasteiger partial charge is 0.508 e. The number of phenolic OH excluding ortho intramolecular Hbond substituents is 1. The summed E-state index contributed by atoms with van der Waals surface area (Å²) in [5.41, 5.74) is 3.31. The third-order valence-electron chi connectivity index (χ3n) is 5.15. The third kappa shape index (κ3) is 5.24. The van der Waals surface area contributed by atoms with Gasteiger partial charge in [0.15, 0.2) is 6.61 Å². The number of aromatic hydroxyl groups is 1. The molecule has 0 saturated heterocycles. The van der Waals surface area contributed by atoms with Gasteiger partial charge >= 0.3 is 0 Å². The van der Waals surface area contributed by atoms with Crippen LogP contribution in [-0.2, 0) is 17.6 Å². The van der Waals surface area contributed by atoms with Crippen molar-refractivity contribution in [3.63, 3.8) is 0 Å². The molecule has 0 aliphatic heterocycles. The first-order chi connectivity index (χ1) is 13.4. The second-order valence-corrected chi connectivity index (χ2v) is 7.46. The van der Waals surface area contributed by atoms with Gasteiger partial charge in [-0.2, -0.15) is 0 Å². The number of hydrogen-bond acceptors (Lipinski definition) is 5. The van der Waals surface area contributed by atoms with E-state index in [1.54, 1.807) is 38.4 Å². The van der Waals surface area contributed by atoms with Crippen LogP contribution in [0.5, 0.6) is 11.5 Å². The Balaban J connectivity index is 1.54. The van der Waals surface area contributed by atoms with Gasteiger partial charge < -0.3 is 25.2 Å². The van der Waals surface area contributed by atoms with E-state index in [9.17, 15) is 15.0 Å². The number of likely N-dealkylation sites (N-methyl/N-ethyl adjacent to an activating group) is 1. The van der Waals surface area contributed by atoms with Crippen LogP contribution in [-0.4, -0.2) is 54.3 Å². The second-order valence-electron chi connectivity index (χ2n) is 7.46. The molecule has 0 spiro atoms. The Morgan fingerprint density at radius 1 is 1.21 bits per heavy atom. The molecular formula is C22H28N2O4. The average Bonchev–Trinajstić information content (AvgIpc) is 2.70. The molecule has 6 heteroatoms. The number of aliphatic hydroxyl groups is 1. The lowest BCUT2D eigenvalue weighted by Crippen LogP contribution is -2.37. The van der Waals surface area contributed by atoms with Gasteiger partial charge in [-0.25, -0.2) is 0 Å². The molecular weight excluding hydrogens is 356 g/mol. The quantitative estimate of drug-likeness (QED) is 0.681. The van der Waals surface area contributed by atoms with Gasteiger partial charge in [-0.3, -0.25) is 4.79 Å². The van der Waals surface area contributed by atoms with Crippen LogP contribution in [0, 0.1) is 0 Å². The van der Waals surface area contributed by atoms with Gasteiger partial charge in [-0.15, -0.1) is 0 Å². The molecule has 1 amide bonds. The van der Waals surface area contributed by atoms with E-state index < -0.39 is 6.10 Å². The summed E-state index contributed by atoms with van der Waals surface area (Å²) in [6.45, 7) is 0.491. The highest BCUT2D eigenvalue weighted by molar-refractivity contribution is 5.77. The maximum absolute atomic E-state index is 11.7. The van der Waals surface area contributed by atoms with Crippen molar-refractivity contribution in [2.75, 3.05) is 27.2 Å². The summed E-state index contributed by atoms with van der Waals surface area (Å²) in [5, 5.41) is 23.1. The van der Waals surface area contributed by atoms with Crippen molar-refractivity contribution >= 4 is 5.91 Å². The van der Waals surface area contributed by atoms with E-state index >= 15 is 0 Å². The molecule has 150 valence electrons. The fourth-order valence-corrected chi connectivity index (χ4v) is 3.36. The lowest BCUT2D eigenvalue weighted by molar-refractivity contribution is -0.130. The minimum absolute atomic E-state index is 0.0340. The van der Waals surface area contributed by atoms with Crippen LogP contribution in [0.15, 0.2) is 42.5 Å². The Labute approximate surface area is 165 Å². The van der Waals surface area contributed by atoms with Gasteiger partial charge in [0, 0.05) is 26.7 Å². The molecule has 0 aromatic heterocycles. The molecule has 0 bridgehead atoms. The molecule has 2 atom stereocenters. The number of ether oxygens (including phenoxy) is 1. The highest BCUT2D eigenvalue weighted by atomic mass is 16.5. The summed E-state index contributed by atoms with van der Waals surface area (Å²) in [4.78, 5) is 13.2. The first-order valence-electron chi connectivity index (χ1n) is 9.57. The third-order valence-corrected chi connectivity index (χ3v) is 5.15. The van der Waals surface area contributed by atoms with Crippen LogP contribution < -0.4 is 10.1 Å². The highest BCUT2D eigenvalue weighted by Crippen LogP contribution is 2.26. The van der Waals surface area contributed by atoms with Crippen molar-refractivity contribution in [2.45, 2.75) is 31.4 Å². The number of carbonyl (C=O) groups excluding carboxylic acids is 1. The molecule has 2 aromatic rings. The summed E-state index contributed by atoms with van der Waals surface area (Å²) < 4.78 is 5.62. The van der Waals surface area contributed by atoms with E-state index in [-0.39, 0.29) is 24.3 Å². The van der Waals surface area contributed by atoms with E-state index in [2.05, 4.69) is 11.4 Å². The Bertz CT molecular complexity index is 805. The van der Waals surface area contributed by atoms with Gasteiger partial charge in [0.25, 0.3) is 5.91 Å². The van der Waals surface area contributed by atoms with Crippen molar-refractivity contribution in [3.05, 3.63) is 59.2 Å². The number of aliphatic hydroxyl groups excluding tert-OH is 1. The number of nitrogens with one attached hydrogen (secondary N) is 1. The molecule has 1 unspecified atom stereocenters. The van der Waals surface area contributed by atoms with Crippen molar-refractivity contribution in [1.82, 2.24) is 10.2 Å². The number of fused-ring (bicyclic) bond motifs is 1. The molecule has 1 aliphatic rings. The lowest BCUT2D eigenvalue weighted by Gasteiger charge is -2.27. The van der Waals surface area contributed by atoms with Crippen molar-refractivity contribution in [2.24, 2.45) is 0 Å². The fourth-order valence-electron chi connectivity index (χ4n) is 3.36. The Kier molecular flexibility index (Phi) is 6.54. The highest BCUT2D eigenvalue weighted by Gasteiger charge is 2.20. The summed E-state index contributed by atoms with van der Waals surface area (Å²) in [6.07, 6.45) is 2.22. The summed E-state index contributed by atoms with van der Waals surface area (Å²) in [7, 11) is 3.42. The SMILES string of the molecule is CN(C)C(=O)COc1ccc2c(c1)C[C@@H](NCC(O)c1ccc(O)cc1)CC2. The average molecular weight is 384 g/mol. The normalized spacial score (nSPS) is 16.9. The molecule has 0 radical (unpaired) electrons. The second kappa shape index (κ2) is 9.08. The first-order valence-corrected chi connectivity index (χ1v) is 9.57. The Hall–Kier alpha value is -2.57. The van der Waals surface area contributed by atoms with E-state index in [4.69, 9.17) is 4.74 Å². The fraction of sp³-hybridized carbons (Fsp3) is 0.409. The molecule has 6 nitrogen and oxygen atoms in total. The smallest absolute Gasteiger partial charge is 0.259 e. The number of phenols is 1. The van der Waals surface area contributed by atoms with Crippen LogP contribution in [0.2, 0.25) is 0 Å². The van der Waals surface area contributed by atoms with Crippen LogP contribution in [0.4, 0.5) is 0 Å². The van der Waals surface area contributed by atoms with Gasteiger partial charge in [-0.05, 0) is 60.2 Å². The summed E-state index contributed by atoms with van der Waals surface area (Å²) in [5.74, 6) is 0.831. The minimum atomic E-state index is -0.617. The van der Waals surface area contributed by atoms with Crippen molar-refractivity contribution in [1.29, 1.82) is 0 Å². The standard InChI is InChI=1S/C22H28N2O4/c1-24(2)22(27)14-28-20-10-6-15-3-7-18(11-17(15)12-20)23-13-21(26)16-4-8-19(25)9-5-16/h4-6,8-10,12,18,21,23,25-26H,3,7,11,13-14H2,1-2H3/t18-,21?/m0/s1. The number of rotatable bonds is 7. The molecule has 2 aromatic carbocycles. The number of amides is 1. The van der Waals surface area contributed by atoms with Gasteiger partial charge in [-0.1, -0.05) is 18.2 Å². The minimum Gasteiger partial charge on any atom is -0.508 e. The maximum Gasteiger partial charge on any atom is 0.259 e. The molecule has 1 aliphatic carbocycles. The number of aryl methyl sites for hydroxylation is 1. The lowest BCUT2D eigenvalue weighted by atomic mass is 9.88. The van der Waals surface area contributed by atoms with Crippen LogP contribution in [0.3, 0.4) is 0 Å². The summed E-state index contributed by atoms with van der Waals surface area (Å²) in [6, 6.07) is 12.9. The number of benzene rings is 2. The molecule has 0 fully saturated rings. The van der Waals surface area contributed by atoms with E-state index in [1.165, 1.54) is 16.0 Å². The predicted octanol–water partition coefficient (Wildman–Crippen LogP) is 2.04. The Morgan fingerprint density at radius 2 is 1.96 bits per heavy atom. The monoisotopic (exact) mass is 384 g/mol. The van der Waals surface area contributed by atoms with E-state index in [1.807, 2.05) is 12.1 Å². The van der Waals surface area contributed by atoms with Gasteiger partial charge in [0.05, 0.1) is 6.10 Å². The molecule has 28 heavy (non-hydrogen) atoms. The Morgan fingerprint density at radius 3 is 2.68 bits per heavy atom. The molecule has 0 saturated carbocycles. The van der Waals surface area contributed by atoms with E-state index in [0.717, 1.165) is 24.8 Å². The topological polar surface area (TPSA) is 82.0 Å². The summed E-state index contributed by atoms with van der Waals surface area (Å²) >= 11 is 0. The van der Waals surface area contributed by atoms with Crippen LogP contribution >= 0.6 is 0 Å². The molecule has 3 N–H and O–H groups in total. The zero-order chi connectivity index (χ0) is 20.1. The van der Waals surface area contributed by atoms with Crippen LogP contribution in [0.25, 0.3) is 0 Å². The van der Waals surface area contributed by atoms with Crippen molar-refractivity contribution < 1.29 is 19.7 Å². The number of hydrogen-bond donors (Lipinski definition) is 3. The van der Waals surface area contributed by atoms with Crippen molar-refractivity contribution in [3.8, 4) is 11.5 Å². The van der Waals surface area contributed by atoms with E-state index in [0.29, 0.717) is 12.3 Å². The van der Waals surface area contributed by atoms with Crippen LogP contribution in [0.1, 0.15) is 29.2 Å². The maximum atomic E-state index is 11.7. The van der Waals surface area contributed by atoms with Gasteiger partial charge in [0.2, 0.25) is 0 Å². The molecule has 3 rings (SSSR count). The first kappa shape index (κ1) is 20.2. The number of nitrogens with zero attached hydrogens (tertiary/aromatic N) is 1. The zero-order valence-corrected chi connectivity index (χ0v) is 16.4.